The van der Waals surface area contributed by atoms with Gasteiger partial charge >= 0.3 is 0 Å². The van der Waals surface area contributed by atoms with E-state index in [1.54, 1.807) is 24.3 Å². The lowest BCUT2D eigenvalue weighted by Gasteiger charge is -2.44. The van der Waals surface area contributed by atoms with Gasteiger partial charge in [0.15, 0.2) is 9.84 Å². The molecule has 0 unspecified atom stereocenters. The maximum atomic E-state index is 13.0. The molecule has 4 rings (SSSR count). The summed E-state index contributed by atoms with van der Waals surface area (Å²) in [6.45, 7) is 4.51. The highest BCUT2D eigenvalue weighted by molar-refractivity contribution is 7.91. The molecule has 2 N–H and O–H groups in total. The number of aliphatic hydroxyl groups is 2. The molecule has 3 saturated carbocycles. The van der Waals surface area contributed by atoms with Crippen LogP contribution in [0.15, 0.2) is 58.5 Å². The van der Waals surface area contributed by atoms with Gasteiger partial charge in [0, 0.05) is 0 Å². The quantitative estimate of drug-likeness (QED) is 0.646. The first-order valence-electron chi connectivity index (χ1n) is 12.2. The average Bonchev–Trinajstić information content (AvgIpc) is 3.09. The van der Waals surface area contributed by atoms with E-state index in [9.17, 15) is 18.6 Å². The van der Waals surface area contributed by atoms with E-state index in [-0.39, 0.29) is 17.1 Å². The maximum absolute atomic E-state index is 13.0. The summed E-state index contributed by atoms with van der Waals surface area (Å²) in [6.07, 6.45) is 10.9. The smallest absolute Gasteiger partial charge is 0.178 e. The van der Waals surface area contributed by atoms with Crippen LogP contribution in [-0.2, 0) is 9.84 Å². The molecular formula is C27H38O4S. The Hall–Kier alpha value is -1.43. The molecule has 0 heterocycles. The van der Waals surface area contributed by atoms with Crippen molar-refractivity contribution in [3.05, 3.63) is 53.6 Å². The van der Waals surface area contributed by atoms with Crippen LogP contribution in [0.3, 0.4) is 0 Å². The van der Waals surface area contributed by atoms with E-state index in [4.69, 9.17) is 0 Å². The highest BCUT2D eigenvalue weighted by Crippen LogP contribution is 2.59. The molecule has 1 aromatic carbocycles. The zero-order valence-electron chi connectivity index (χ0n) is 19.4. The summed E-state index contributed by atoms with van der Waals surface area (Å²) in [6, 6.07) is 8.85. The number of rotatable bonds is 5. The molecule has 0 amide bonds. The predicted octanol–water partition coefficient (Wildman–Crippen LogP) is 5.07. The standard InChI is InChI=1S/C27H38O4S/c1-19(18-32(30,31)24-8-4-3-5-9-24)25-12-13-26-21(7-6-14-27(25,26)2)11-10-20-15-22(28)17-23(29)16-20/h3-5,8-11,19,22-23,25-26,28-29H,6-7,12-18H2,1-2H3/b21-11+/t19-,22+,23+,25+,26-,27+/m0/s1. The maximum Gasteiger partial charge on any atom is 0.178 e. The van der Waals surface area contributed by atoms with Gasteiger partial charge in [-0.3, -0.25) is 0 Å². The van der Waals surface area contributed by atoms with Crippen molar-refractivity contribution in [1.29, 1.82) is 0 Å². The van der Waals surface area contributed by atoms with Crippen LogP contribution in [0.2, 0.25) is 0 Å². The topological polar surface area (TPSA) is 74.6 Å². The summed E-state index contributed by atoms with van der Waals surface area (Å²) >= 11 is 0. The summed E-state index contributed by atoms with van der Waals surface area (Å²) < 4.78 is 26.0. The Labute approximate surface area is 193 Å². The van der Waals surface area contributed by atoms with Crippen molar-refractivity contribution < 1.29 is 18.6 Å². The summed E-state index contributed by atoms with van der Waals surface area (Å²) in [5.74, 6) is 1.23. The molecule has 4 nitrogen and oxygen atoms in total. The second-order valence-electron chi connectivity index (χ2n) is 10.7. The third-order valence-electron chi connectivity index (χ3n) is 8.38. The van der Waals surface area contributed by atoms with E-state index in [0.717, 1.165) is 37.7 Å². The largest absolute Gasteiger partial charge is 0.393 e. The Morgan fingerprint density at radius 3 is 2.47 bits per heavy atom. The van der Waals surface area contributed by atoms with Crippen molar-refractivity contribution in [3.8, 4) is 0 Å². The summed E-state index contributed by atoms with van der Waals surface area (Å²) in [5, 5.41) is 20.0. The Balaban J connectivity index is 1.50. The molecule has 0 spiro atoms. The predicted molar refractivity (Wildman–Crippen MR) is 128 cm³/mol. The van der Waals surface area contributed by atoms with Crippen molar-refractivity contribution in [2.75, 3.05) is 5.75 Å². The van der Waals surface area contributed by atoms with E-state index < -0.39 is 22.0 Å². The highest BCUT2D eigenvalue weighted by atomic mass is 32.2. The molecule has 3 aliphatic rings. The van der Waals surface area contributed by atoms with Gasteiger partial charge in [-0.2, -0.15) is 0 Å². The molecule has 6 atom stereocenters. The first-order chi connectivity index (χ1) is 15.2. The number of benzene rings is 1. The molecule has 32 heavy (non-hydrogen) atoms. The first-order valence-corrected chi connectivity index (χ1v) is 13.9. The third kappa shape index (κ3) is 4.90. The van der Waals surface area contributed by atoms with Crippen LogP contribution in [0.4, 0.5) is 0 Å². The zero-order valence-corrected chi connectivity index (χ0v) is 20.2. The van der Waals surface area contributed by atoms with Crippen molar-refractivity contribution in [2.45, 2.75) is 82.3 Å². The Bertz CT molecular complexity index is 953. The number of sulfone groups is 1. The molecule has 5 heteroatoms. The monoisotopic (exact) mass is 458 g/mol. The van der Waals surface area contributed by atoms with E-state index in [2.05, 4.69) is 26.0 Å². The normalized spacial score (nSPS) is 35.5. The van der Waals surface area contributed by atoms with E-state index in [0.29, 0.717) is 36.0 Å². The lowest BCUT2D eigenvalue weighted by Crippen LogP contribution is -2.37. The Kier molecular flexibility index (Phi) is 7.00. The minimum Gasteiger partial charge on any atom is -0.393 e. The molecule has 0 radical (unpaired) electrons. The molecule has 1 aromatic rings. The van der Waals surface area contributed by atoms with Crippen LogP contribution >= 0.6 is 0 Å². The lowest BCUT2D eigenvalue weighted by atomic mass is 9.61. The van der Waals surface area contributed by atoms with Gasteiger partial charge in [-0.15, -0.1) is 0 Å². The number of fused-ring (bicyclic) bond motifs is 1. The number of hydrogen-bond donors (Lipinski definition) is 2. The molecule has 0 bridgehead atoms. The molecular weight excluding hydrogens is 420 g/mol. The van der Waals surface area contributed by atoms with Crippen LogP contribution in [0, 0.1) is 23.2 Å². The highest BCUT2D eigenvalue weighted by Gasteiger charge is 2.51. The number of aliphatic hydroxyl groups excluding tert-OH is 2. The summed E-state index contributed by atoms with van der Waals surface area (Å²) in [4.78, 5) is 0.430. The summed E-state index contributed by atoms with van der Waals surface area (Å²) in [5.41, 5.74) is 2.74. The van der Waals surface area contributed by atoms with Crippen LogP contribution in [0.5, 0.6) is 0 Å². The average molecular weight is 459 g/mol. The fourth-order valence-electron chi connectivity index (χ4n) is 6.93. The van der Waals surface area contributed by atoms with Crippen LogP contribution in [0.1, 0.15) is 65.2 Å². The SMILES string of the molecule is C[C@@H](CS(=O)(=O)c1ccccc1)[C@H]1CC[C@H]2/C(=C/C=C3C[C@@H](O)C[C@H](O)C3)CCC[C@]12C. The fraction of sp³-hybridized carbons (Fsp3) is 0.630. The van der Waals surface area contributed by atoms with Crippen molar-refractivity contribution in [3.63, 3.8) is 0 Å². The van der Waals surface area contributed by atoms with Crippen LogP contribution in [0.25, 0.3) is 0 Å². The molecule has 176 valence electrons. The molecule has 3 aliphatic carbocycles. The van der Waals surface area contributed by atoms with Crippen LogP contribution in [-0.4, -0.2) is 36.6 Å². The second kappa shape index (κ2) is 9.44. The van der Waals surface area contributed by atoms with E-state index in [1.165, 1.54) is 5.57 Å². The van der Waals surface area contributed by atoms with Gasteiger partial charge in [-0.25, -0.2) is 8.42 Å². The van der Waals surface area contributed by atoms with Crippen molar-refractivity contribution >= 4 is 9.84 Å². The summed E-state index contributed by atoms with van der Waals surface area (Å²) in [7, 11) is -3.28. The minimum atomic E-state index is -3.28. The van der Waals surface area contributed by atoms with Gasteiger partial charge in [0.1, 0.15) is 0 Å². The van der Waals surface area contributed by atoms with Crippen LogP contribution < -0.4 is 0 Å². The minimum absolute atomic E-state index is 0.122. The van der Waals surface area contributed by atoms with Gasteiger partial charge < -0.3 is 10.2 Å². The van der Waals surface area contributed by atoms with Crippen molar-refractivity contribution in [1.82, 2.24) is 0 Å². The molecule has 3 fully saturated rings. The first kappa shape index (κ1) is 23.7. The zero-order chi connectivity index (χ0) is 22.9. The van der Waals surface area contributed by atoms with Gasteiger partial charge in [-0.1, -0.05) is 55.3 Å². The Morgan fingerprint density at radius 1 is 1.09 bits per heavy atom. The number of hydrogen-bond acceptors (Lipinski definition) is 4. The third-order valence-corrected chi connectivity index (χ3v) is 10.3. The van der Waals surface area contributed by atoms with E-state index >= 15 is 0 Å². The fourth-order valence-corrected chi connectivity index (χ4v) is 8.62. The van der Waals surface area contributed by atoms with Gasteiger partial charge in [-0.05, 0) is 86.7 Å². The van der Waals surface area contributed by atoms with Gasteiger partial charge in [0.05, 0.1) is 22.9 Å². The van der Waals surface area contributed by atoms with E-state index in [1.807, 2.05) is 6.07 Å². The molecule has 0 aliphatic heterocycles. The molecule has 0 saturated heterocycles. The Morgan fingerprint density at radius 2 is 1.78 bits per heavy atom. The molecule has 0 aromatic heterocycles. The van der Waals surface area contributed by atoms with Gasteiger partial charge in [0.2, 0.25) is 0 Å². The van der Waals surface area contributed by atoms with Crippen molar-refractivity contribution in [2.24, 2.45) is 23.2 Å². The lowest BCUT2D eigenvalue weighted by molar-refractivity contribution is 0.0609. The van der Waals surface area contributed by atoms with Gasteiger partial charge in [0.25, 0.3) is 0 Å². The number of allylic oxidation sites excluding steroid dienone is 3. The second-order valence-corrected chi connectivity index (χ2v) is 12.7.